The molecule has 1 aliphatic heterocycles. The monoisotopic (exact) mass is 186 g/mol. The Kier molecular flexibility index (Phi) is 3.69. The maximum absolute atomic E-state index is 10.6. The largest absolute Gasteiger partial charge is 0.480 e. The highest BCUT2D eigenvalue weighted by Crippen LogP contribution is 2.08. The van der Waals surface area contributed by atoms with Crippen molar-refractivity contribution in [2.45, 2.75) is 44.8 Å². The van der Waals surface area contributed by atoms with Crippen LogP contribution >= 0.6 is 0 Å². The molecule has 1 rings (SSSR count). The molecular weight excluding hydrogens is 168 g/mol. The van der Waals surface area contributed by atoms with Crippen LogP contribution in [0.1, 0.15) is 26.7 Å². The number of piperidine rings is 1. The minimum atomic E-state index is -0.780. The third kappa shape index (κ3) is 2.97. The van der Waals surface area contributed by atoms with Crippen molar-refractivity contribution in [3.05, 3.63) is 0 Å². The fraction of sp³-hybridized carbons (Fsp3) is 0.889. The zero-order valence-corrected chi connectivity index (χ0v) is 8.21. The summed E-state index contributed by atoms with van der Waals surface area (Å²) in [7, 11) is 0. The molecule has 0 aliphatic carbocycles. The number of hydrogen-bond donors (Lipinski definition) is 3. The van der Waals surface area contributed by atoms with Gasteiger partial charge in [0, 0.05) is 12.1 Å². The van der Waals surface area contributed by atoms with E-state index in [0.29, 0.717) is 12.1 Å². The highest BCUT2D eigenvalue weighted by molar-refractivity contribution is 5.72. The summed E-state index contributed by atoms with van der Waals surface area (Å²) in [5.41, 5.74) is 0. The van der Waals surface area contributed by atoms with Crippen LogP contribution in [0.15, 0.2) is 0 Å². The Morgan fingerprint density at radius 1 is 1.69 bits per heavy atom. The van der Waals surface area contributed by atoms with E-state index in [0.717, 1.165) is 19.4 Å². The average molecular weight is 186 g/mol. The smallest absolute Gasteiger partial charge is 0.320 e. The lowest BCUT2D eigenvalue weighted by atomic mass is 9.99. The van der Waals surface area contributed by atoms with Gasteiger partial charge in [0.2, 0.25) is 0 Å². The first-order valence-electron chi connectivity index (χ1n) is 4.83. The molecule has 3 atom stereocenters. The van der Waals surface area contributed by atoms with Crippen LogP contribution in [0.4, 0.5) is 0 Å². The van der Waals surface area contributed by atoms with Gasteiger partial charge in [0.1, 0.15) is 6.04 Å². The molecule has 0 aromatic heterocycles. The van der Waals surface area contributed by atoms with Gasteiger partial charge < -0.3 is 15.7 Å². The predicted molar refractivity (Wildman–Crippen MR) is 50.7 cm³/mol. The molecule has 0 bridgehead atoms. The lowest BCUT2D eigenvalue weighted by Gasteiger charge is -2.32. The lowest BCUT2D eigenvalue weighted by molar-refractivity contribution is -0.139. The van der Waals surface area contributed by atoms with Crippen LogP contribution in [-0.2, 0) is 4.79 Å². The summed E-state index contributed by atoms with van der Waals surface area (Å²) in [5, 5.41) is 15.1. The first-order chi connectivity index (χ1) is 6.11. The van der Waals surface area contributed by atoms with E-state index in [9.17, 15) is 4.79 Å². The quantitative estimate of drug-likeness (QED) is 0.589. The van der Waals surface area contributed by atoms with Crippen LogP contribution < -0.4 is 10.6 Å². The van der Waals surface area contributed by atoms with Gasteiger partial charge >= 0.3 is 5.97 Å². The summed E-state index contributed by atoms with van der Waals surface area (Å²) >= 11 is 0. The number of carboxylic acid groups (broad SMARTS) is 1. The molecule has 1 aliphatic rings. The summed E-state index contributed by atoms with van der Waals surface area (Å²) in [6, 6.07) is 0.211. The Labute approximate surface area is 78.7 Å². The van der Waals surface area contributed by atoms with Crippen LogP contribution in [0.5, 0.6) is 0 Å². The van der Waals surface area contributed by atoms with Crippen molar-refractivity contribution < 1.29 is 9.90 Å². The third-order valence-electron chi connectivity index (χ3n) is 2.60. The fourth-order valence-corrected chi connectivity index (χ4v) is 1.66. The van der Waals surface area contributed by atoms with Gasteiger partial charge in [-0.25, -0.2) is 0 Å². The van der Waals surface area contributed by atoms with Crippen molar-refractivity contribution in [2.75, 3.05) is 6.54 Å². The molecular formula is C9H18N2O2. The first kappa shape index (κ1) is 10.5. The maximum Gasteiger partial charge on any atom is 0.320 e. The van der Waals surface area contributed by atoms with Crippen LogP contribution in [0, 0.1) is 0 Å². The molecule has 0 aromatic rings. The van der Waals surface area contributed by atoms with Crippen LogP contribution in [0.2, 0.25) is 0 Å². The van der Waals surface area contributed by atoms with E-state index < -0.39 is 12.0 Å². The van der Waals surface area contributed by atoms with Gasteiger partial charge in [-0.1, -0.05) is 0 Å². The Bertz CT molecular complexity index is 184. The van der Waals surface area contributed by atoms with Gasteiger partial charge in [-0.2, -0.15) is 0 Å². The normalized spacial score (nSPS) is 31.2. The molecule has 0 amide bonds. The second kappa shape index (κ2) is 4.58. The topological polar surface area (TPSA) is 61.4 Å². The van der Waals surface area contributed by atoms with E-state index in [2.05, 4.69) is 17.6 Å². The molecule has 0 saturated carbocycles. The maximum atomic E-state index is 10.6. The Hall–Kier alpha value is -0.610. The summed E-state index contributed by atoms with van der Waals surface area (Å²) in [6.07, 6.45) is 2.18. The molecule has 3 unspecified atom stereocenters. The number of nitrogens with one attached hydrogen (secondary N) is 2. The Balaban J connectivity index is 2.37. The third-order valence-corrected chi connectivity index (χ3v) is 2.60. The highest BCUT2D eigenvalue weighted by Gasteiger charge is 2.23. The van der Waals surface area contributed by atoms with Crippen molar-refractivity contribution in [3.8, 4) is 0 Å². The fourth-order valence-electron chi connectivity index (χ4n) is 1.66. The molecule has 1 saturated heterocycles. The molecule has 1 fully saturated rings. The van der Waals surface area contributed by atoms with Gasteiger partial charge in [-0.15, -0.1) is 0 Å². The number of rotatable bonds is 3. The van der Waals surface area contributed by atoms with E-state index in [1.165, 1.54) is 0 Å². The molecule has 0 radical (unpaired) electrons. The minimum absolute atomic E-state index is 0.292. The molecule has 0 aromatic carbocycles. The lowest BCUT2D eigenvalue weighted by Crippen LogP contribution is -2.54. The Morgan fingerprint density at radius 3 is 2.92 bits per heavy atom. The standard InChI is InChI=1S/C9H18N2O2/c1-6-8(4-3-5-10-6)11-7(2)9(12)13/h6-8,10-11H,3-5H2,1-2H3,(H,12,13). The zero-order valence-electron chi connectivity index (χ0n) is 8.21. The summed E-state index contributed by atoms with van der Waals surface area (Å²) in [5.74, 6) is -0.780. The second-order valence-electron chi connectivity index (χ2n) is 3.72. The van der Waals surface area contributed by atoms with Crippen LogP contribution in [-0.4, -0.2) is 35.7 Å². The van der Waals surface area contributed by atoms with E-state index in [1.807, 2.05) is 0 Å². The van der Waals surface area contributed by atoms with Crippen molar-refractivity contribution >= 4 is 5.97 Å². The van der Waals surface area contributed by atoms with Gasteiger partial charge in [0.15, 0.2) is 0 Å². The molecule has 3 N–H and O–H groups in total. The Morgan fingerprint density at radius 2 is 2.38 bits per heavy atom. The van der Waals surface area contributed by atoms with Crippen molar-refractivity contribution in [3.63, 3.8) is 0 Å². The van der Waals surface area contributed by atoms with Crippen LogP contribution in [0.3, 0.4) is 0 Å². The number of aliphatic carboxylic acids is 1. The number of hydrogen-bond acceptors (Lipinski definition) is 3. The number of carbonyl (C=O) groups is 1. The second-order valence-corrected chi connectivity index (χ2v) is 3.72. The van der Waals surface area contributed by atoms with E-state index in [-0.39, 0.29) is 0 Å². The van der Waals surface area contributed by atoms with E-state index in [1.54, 1.807) is 6.92 Å². The molecule has 1 heterocycles. The van der Waals surface area contributed by atoms with Crippen molar-refractivity contribution in [1.82, 2.24) is 10.6 Å². The zero-order chi connectivity index (χ0) is 9.84. The number of carboxylic acids is 1. The van der Waals surface area contributed by atoms with E-state index >= 15 is 0 Å². The molecule has 0 spiro atoms. The van der Waals surface area contributed by atoms with Crippen molar-refractivity contribution in [1.29, 1.82) is 0 Å². The van der Waals surface area contributed by atoms with Gasteiger partial charge in [0.25, 0.3) is 0 Å². The minimum Gasteiger partial charge on any atom is -0.480 e. The molecule has 4 nitrogen and oxygen atoms in total. The SMILES string of the molecule is CC(NC1CCCNC1C)C(=O)O. The van der Waals surface area contributed by atoms with Gasteiger partial charge in [-0.05, 0) is 33.2 Å². The van der Waals surface area contributed by atoms with Crippen LogP contribution in [0.25, 0.3) is 0 Å². The summed E-state index contributed by atoms with van der Waals surface area (Å²) in [6.45, 7) is 4.82. The van der Waals surface area contributed by atoms with E-state index in [4.69, 9.17) is 5.11 Å². The molecule has 4 heteroatoms. The predicted octanol–water partition coefficient (Wildman–Crippen LogP) is 0.190. The average Bonchev–Trinajstić information content (AvgIpc) is 2.08. The molecule has 13 heavy (non-hydrogen) atoms. The summed E-state index contributed by atoms with van der Waals surface area (Å²) < 4.78 is 0. The molecule has 76 valence electrons. The first-order valence-corrected chi connectivity index (χ1v) is 4.83. The van der Waals surface area contributed by atoms with Crippen molar-refractivity contribution in [2.24, 2.45) is 0 Å². The highest BCUT2D eigenvalue weighted by atomic mass is 16.4. The summed E-state index contributed by atoms with van der Waals surface area (Å²) in [4.78, 5) is 10.6. The van der Waals surface area contributed by atoms with Gasteiger partial charge in [-0.3, -0.25) is 4.79 Å². The van der Waals surface area contributed by atoms with Gasteiger partial charge in [0.05, 0.1) is 0 Å².